The van der Waals surface area contributed by atoms with Gasteiger partial charge in [0, 0.05) is 38.1 Å². The molecule has 0 aliphatic carbocycles. The zero-order chi connectivity index (χ0) is 20.0. The minimum atomic E-state index is -2.96. The maximum absolute atomic E-state index is 11.5. The summed E-state index contributed by atoms with van der Waals surface area (Å²) in [6.07, 6.45) is 1.46. The van der Waals surface area contributed by atoms with Gasteiger partial charge in [0.1, 0.15) is 9.84 Å². The van der Waals surface area contributed by atoms with E-state index in [9.17, 15) is 8.42 Å². The third-order valence-corrected chi connectivity index (χ3v) is 6.17. The van der Waals surface area contributed by atoms with Crippen LogP contribution in [0.3, 0.4) is 0 Å². The van der Waals surface area contributed by atoms with Crippen LogP contribution in [0.25, 0.3) is 0 Å². The second kappa shape index (κ2) is 9.54. The van der Waals surface area contributed by atoms with Crippen LogP contribution in [0, 0.1) is 0 Å². The Morgan fingerprint density at radius 1 is 1.14 bits per heavy atom. The van der Waals surface area contributed by atoms with Gasteiger partial charge in [-0.2, -0.15) is 0 Å². The maximum Gasteiger partial charge on any atom is 0.148 e. The molecule has 1 N–H and O–H groups in total. The number of morpholine rings is 1. The van der Waals surface area contributed by atoms with Crippen LogP contribution in [0.5, 0.6) is 0 Å². The Hall–Kier alpha value is -1.89. The molecule has 3 rings (SSSR count). The summed E-state index contributed by atoms with van der Waals surface area (Å²) in [7, 11) is -2.96. The molecule has 0 saturated carbocycles. The van der Waals surface area contributed by atoms with Crippen molar-refractivity contribution in [3.63, 3.8) is 0 Å². The Labute approximate surface area is 168 Å². The zero-order valence-electron chi connectivity index (χ0n) is 16.7. The molecule has 0 aromatic heterocycles. The summed E-state index contributed by atoms with van der Waals surface area (Å²) < 4.78 is 28.8. The second-order valence-electron chi connectivity index (χ2n) is 7.64. The van der Waals surface area contributed by atoms with Crippen LogP contribution < -0.4 is 10.2 Å². The number of benzene rings is 2. The highest BCUT2D eigenvalue weighted by atomic mass is 32.2. The van der Waals surface area contributed by atoms with Crippen LogP contribution in [0.2, 0.25) is 0 Å². The summed E-state index contributed by atoms with van der Waals surface area (Å²) in [4.78, 5) is 2.37. The lowest BCUT2D eigenvalue weighted by molar-refractivity contribution is 0.0407. The van der Waals surface area contributed by atoms with Crippen molar-refractivity contribution in [2.24, 2.45) is 0 Å². The fourth-order valence-electron chi connectivity index (χ4n) is 3.61. The Balaban J connectivity index is 1.46. The molecule has 2 atom stereocenters. The van der Waals surface area contributed by atoms with Gasteiger partial charge in [0.25, 0.3) is 0 Å². The molecule has 0 bridgehead atoms. The number of anilines is 1. The monoisotopic (exact) mass is 402 g/mol. The Bertz CT molecular complexity index is 838. The van der Waals surface area contributed by atoms with E-state index in [1.807, 2.05) is 25.1 Å². The fourth-order valence-corrected chi connectivity index (χ4v) is 4.71. The van der Waals surface area contributed by atoms with Gasteiger partial charge in [0.2, 0.25) is 0 Å². The summed E-state index contributed by atoms with van der Waals surface area (Å²) in [5.74, 6) is 0.193. The molecule has 5 nitrogen and oxygen atoms in total. The molecule has 0 amide bonds. The van der Waals surface area contributed by atoms with E-state index in [0.717, 1.165) is 38.3 Å². The molecule has 2 aromatic carbocycles. The molecule has 2 aromatic rings. The first kappa shape index (κ1) is 20.8. The number of hydrogen-bond donors (Lipinski definition) is 1. The molecule has 0 radical (unpaired) electrons. The molecular weight excluding hydrogens is 372 g/mol. The summed E-state index contributed by atoms with van der Waals surface area (Å²) in [5, 5.41) is 3.48. The van der Waals surface area contributed by atoms with E-state index in [1.165, 1.54) is 17.5 Å². The van der Waals surface area contributed by atoms with Gasteiger partial charge in [0.05, 0.1) is 18.5 Å². The number of rotatable bonds is 8. The topological polar surface area (TPSA) is 58.6 Å². The Morgan fingerprint density at radius 2 is 1.86 bits per heavy atom. The number of sulfone groups is 1. The number of nitrogens with one attached hydrogen (secondary N) is 1. The first-order valence-electron chi connectivity index (χ1n) is 9.79. The van der Waals surface area contributed by atoms with E-state index < -0.39 is 9.84 Å². The first-order chi connectivity index (χ1) is 13.4. The van der Waals surface area contributed by atoms with Crippen molar-refractivity contribution in [2.45, 2.75) is 25.5 Å². The second-order valence-corrected chi connectivity index (χ2v) is 9.83. The smallest absolute Gasteiger partial charge is 0.148 e. The van der Waals surface area contributed by atoms with Gasteiger partial charge in [-0.05, 0) is 29.2 Å². The summed E-state index contributed by atoms with van der Waals surface area (Å²) in [6, 6.07) is 18.7. The van der Waals surface area contributed by atoms with Gasteiger partial charge in [-0.1, -0.05) is 49.4 Å². The largest absolute Gasteiger partial charge is 0.373 e. The Kier molecular flexibility index (Phi) is 7.10. The molecule has 152 valence electrons. The minimum absolute atomic E-state index is 0.0108. The quantitative estimate of drug-likeness (QED) is 0.736. The summed E-state index contributed by atoms with van der Waals surface area (Å²) in [5.41, 5.74) is 3.49. The average Bonchev–Trinajstić information content (AvgIpc) is 2.68. The van der Waals surface area contributed by atoms with E-state index in [2.05, 4.69) is 46.6 Å². The summed E-state index contributed by atoms with van der Waals surface area (Å²) in [6.45, 7) is 6.08. The first-order valence-corrected chi connectivity index (χ1v) is 11.9. The molecule has 1 aliphatic rings. The molecule has 6 heteroatoms. The molecule has 28 heavy (non-hydrogen) atoms. The van der Waals surface area contributed by atoms with E-state index in [-0.39, 0.29) is 17.8 Å². The van der Waals surface area contributed by atoms with E-state index in [4.69, 9.17) is 4.74 Å². The number of ether oxygens (including phenoxy) is 1. The highest BCUT2D eigenvalue weighted by Gasteiger charge is 2.20. The highest BCUT2D eigenvalue weighted by Crippen LogP contribution is 2.18. The van der Waals surface area contributed by atoms with Crippen LogP contribution in [0.4, 0.5) is 5.69 Å². The molecule has 1 saturated heterocycles. The van der Waals surface area contributed by atoms with Crippen LogP contribution in [-0.4, -0.2) is 52.8 Å². The maximum atomic E-state index is 11.5. The van der Waals surface area contributed by atoms with Crippen molar-refractivity contribution in [3.05, 3.63) is 65.7 Å². The molecule has 1 unspecified atom stereocenters. The van der Waals surface area contributed by atoms with Crippen LogP contribution >= 0.6 is 0 Å². The molecule has 1 fully saturated rings. The lowest BCUT2D eigenvalue weighted by Gasteiger charge is -2.34. The van der Waals surface area contributed by atoms with Crippen molar-refractivity contribution in [1.82, 2.24) is 5.32 Å². The molecule has 1 aliphatic heterocycles. The number of para-hydroxylation sites is 1. The van der Waals surface area contributed by atoms with Gasteiger partial charge in [-0.15, -0.1) is 0 Å². The molecule has 1 heterocycles. The minimum Gasteiger partial charge on any atom is -0.373 e. The van der Waals surface area contributed by atoms with Crippen molar-refractivity contribution in [2.75, 3.05) is 43.1 Å². The number of nitrogens with zero attached hydrogens (tertiary/aromatic N) is 1. The van der Waals surface area contributed by atoms with Crippen LogP contribution in [0.1, 0.15) is 24.0 Å². The number of hydrogen-bond acceptors (Lipinski definition) is 5. The third-order valence-electron chi connectivity index (χ3n) is 5.06. The lowest BCUT2D eigenvalue weighted by Crippen LogP contribution is -2.46. The van der Waals surface area contributed by atoms with Crippen LogP contribution in [0.15, 0.2) is 54.6 Å². The molecule has 0 spiro atoms. The van der Waals surface area contributed by atoms with E-state index in [1.54, 1.807) is 0 Å². The zero-order valence-corrected chi connectivity index (χ0v) is 17.5. The predicted octanol–water partition coefficient (Wildman–Crippen LogP) is 2.83. The normalized spacial score (nSPS) is 18.8. The average molecular weight is 403 g/mol. The van der Waals surface area contributed by atoms with Gasteiger partial charge in [-0.25, -0.2) is 8.42 Å². The Morgan fingerprint density at radius 3 is 2.54 bits per heavy atom. The third kappa shape index (κ3) is 6.33. The highest BCUT2D eigenvalue weighted by molar-refractivity contribution is 7.90. The van der Waals surface area contributed by atoms with Crippen molar-refractivity contribution in [3.8, 4) is 0 Å². The van der Waals surface area contributed by atoms with Gasteiger partial charge >= 0.3 is 0 Å². The van der Waals surface area contributed by atoms with Crippen molar-refractivity contribution < 1.29 is 13.2 Å². The van der Waals surface area contributed by atoms with Gasteiger partial charge in [-0.3, -0.25) is 0 Å². The SMILES string of the molecule is C[C@@H](CS(C)(=O)=O)c1ccc(CNCC2CN(c3ccccc3)CCO2)cc1. The van der Waals surface area contributed by atoms with Gasteiger partial charge in [0.15, 0.2) is 0 Å². The lowest BCUT2D eigenvalue weighted by atomic mass is 10.0. The van der Waals surface area contributed by atoms with E-state index in [0.29, 0.717) is 0 Å². The van der Waals surface area contributed by atoms with Crippen molar-refractivity contribution >= 4 is 15.5 Å². The fraction of sp³-hybridized carbons (Fsp3) is 0.455. The van der Waals surface area contributed by atoms with Crippen LogP contribution in [-0.2, 0) is 21.1 Å². The standard InChI is InChI=1S/C22H30N2O3S/c1-18(17-28(2,25)26)20-10-8-19(9-11-20)14-23-15-22-16-24(12-13-27-22)21-6-4-3-5-7-21/h3-11,18,22-23H,12-17H2,1-2H3/t18-,22?/m0/s1. The molecular formula is C22H30N2O3S. The summed E-state index contributed by atoms with van der Waals surface area (Å²) >= 11 is 0. The van der Waals surface area contributed by atoms with Crippen molar-refractivity contribution in [1.29, 1.82) is 0 Å². The predicted molar refractivity (Wildman–Crippen MR) is 115 cm³/mol. The van der Waals surface area contributed by atoms with E-state index >= 15 is 0 Å². The van der Waals surface area contributed by atoms with Gasteiger partial charge < -0.3 is 15.0 Å².